The van der Waals surface area contributed by atoms with Gasteiger partial charge in [-0.25, -0.2) is 0 Å². The van der Waals surface area contributed by atoms with E-state index in [1.807, 2.05) is 13.1 Å². The summed E-state index contributed by atoms with van der Waals surface area (Å²) in [4.78, 5) is 9.02. The first kappa shape index (κ1) is 15.3. The van der Waals surface area contributed by atoms with Gasteiger partial charge in [-0.2, -0.15) is 0 Å². The third-order valence-corrected chi connectivity index (χ3v) is 4.42. The molecule has 0 radical (unpaired) electrons. The van der Waals surface area contributed by atoms with E-state index in [1.54, 1.807) is 0 Å². The molecule has 5 heteroatoms. The van der Waals surface area contributed by atoms with Gasteiger partial charge in [-0.15, -0.1) is 0 Å². The minimum atomic E-state index is 0.371. The first-order valence-corrected chi connectivity index (χ1v) is 8.36. The van der Waals surface area contributed by atoms with Crippen LogP contribution in [0.25, 0.3) is 0 Å². The highest BCUT2D eigenvalue weighted by Crippen LogP contribution is 2.34. The number of nitrogens with zero attached hydrogens (tertiary/aromatic N) is 2. The molecule has 2 bridgehead atoms. The Labute approximate surface area is 132 Å². The van der Waals surface area contributed by atoms with E-state index in [-0.39, 0.29) is 0 Å². The smallest absolute Gasteiger partial charge is 0.191 e. The summed E-state index contributed by atoms with van der Waals surface area (Å²) < 4.78 is 5.90. The molecule has 2 fully saturated rings. The molecule has 1 aromatic rings. The van der Waals surface area contributed by atoms with Crippen molar-refractivity contribution in [2.75, 3.05) is 13.1 Å². The Bertz CT molecular complexity index is 514. The molecule has 22 heavy (non-hydrogen) atoms. The van der Waals surface area contributed by atoms with Gasteiger partial charge >= 0.3 is 0 Å². The highest BCUT2D eigenvalue weighted by molar-refractivity contribution is 5.80. The third kappa shape index (κ3) is 3.77. The molecule has 120 valence electrons. The molecule has 3 heterocycles. The molecule has 0 aromatic carbocycles. The molecule has 0 aliphatic carbocycles. The van der Waals surface area contributed by atoms with E-state index in [9.17, 15) is 0 Å². The maximum absolute atomic E-state index is 5.90. The summed E-state index contributed by atoms with van der Waals surface area (Å²) in [5.41, 5.74) is 2.28. The zero-order chi connectivity index (χ0) is 15.4. The first-order valence-electron chi connectivity index (χ1n) is 8.36. The largest absolute Gasteiger partial charge is 0.373 e. The van der Waals surface area contributed by atoms with Crippen molar-refractivity contribution in [2.24, 2.45) is 4.99 Å². The zero-order valence-electron chi connectivity index (χ0n) is 13.5. The molecule has 1 aromatic heterocycles. The average Bonchev–Trinajstić information content (AvgIpc) is 3.12. The van der Waals surface area contributed by atoms with Crippen molar-refractivity contribution in [2.45, 2.75) is 57.8 Å². The van der Waals surface area contributed by atoms with Crippen molar-refractivity contribution in [3.63, 3.8) is 0 Å². The highest BCUT2D eigenvalue weighted by atomic mass is 16.5. The lowest BCUT2D eigenvalue weighted by atomic mass is 9.96. The maximum Gasteiger partial charge on any atom is 0.191 e. The standard InChI is InChI=1S/C17H26N4O/c1-3-18-17(21-15-10-14-6-7-16(15)22-14)19-9-8-13-5-4-12(2)20-11-13/h4-5,11,14-16H,3,6-10H2,1-2H3,(H2,18,19,21). The fourth-order valence-corrected chi connectivity index (χ4v) is 3.23. The van der Waals surface area contributed by atoms with Crippen LogP contribution in [0, 0.1) is 6.92 Å². The number of aromatic nitrogens is 1. The van der Waals surface area contributed by atoms with E-state index in [0.29, 0.717) is 18.2 Å². The Kier molecular flexibility index (Phi) is 4.93. The molecule has 2 aliphatic heterocycles. The van der Waals surface area contributed by atoms with Crippen molar-refractivity contribution in [1.82, 2.24) is 15.6 Å². The van der Waals surface area contributed by atoms with Crippen LogP contribution < -0.4 is 10.6 Å². The van der Waals surface area contributed by atoms with Gasteiger partial charge in [-0.1, -0.05) is 6.07 Å². The van der Waals surface area contributed by atoms with Gasteiger partial charge in [-0.05, 0) is 51.2 Å². The van der Waals surface area contributed by atoms with Gasteiger partial charge in [0, 0.05) is 25.0 Å². The predicted molar refractivity (Wildman–Crippen MR) is 88.1 cm³/mol. The maximum atomic E-state index is 5.90. The molecular formula is C17H26N4O. The van der Waals surface area contributed by atoms with Crippen molar-refractivity contribution < 1.29 is 4.74 Å². The van der Waals surface area contributed by atoms with Crippen LogP contribution >= 0.6 is 0 Å². The van der Waals surface area contributed by atoms with Crippen LogP contribution in [-0.2, 0) is 11.2 Å². The quantitative estimate of drug-likeness (QED) is 0.643. The fourth-order valence-electron chi connectivity index (χ4n) is 3.23. The fraction of sp³-hybridized carbons (Fsp3) is 0.647. The lowest BCUT2D eigenvalue weighted by Gasteiger charge is -2.22. The van der Waals surface area contributed by atoms with Crippen molar-refractivity contribution >= 4 is 5.96 Å². The second kappa shape index (κ2) is 7.09. The molecule has 2 saturated heterocycles. The van der Waals surface area contributed by atoms with Gasteiger partial charge in [0.05, 0.1) is 18.2 Å². The van der Waals surface area contributed by atoms with E-state index < -0.39 is 0 Å². The van der Waals surface area contributed by atoms with E-state index in [4.69, 9.17) is 4.74 Å². The molecule has 2 N–H and O–H groups in total. The van der Waals surface area contributed by atoms with E-state index >= 15 is 0 Å². The Morgan fingerprint density at radius 3 is 2.95 bits per heavy atom. The summed E-state index contributed by atoms with van der Waals surface area (Å²) >= 11 is 0. The van der Waals surface area contributed by atoms with Crippen LogP contribution in [0.3, 0.4) is 0 Å². The minimum Gasteiger partial charge on any atom is -0.373 e. The molecule has 0 spiro atoms. The van der Waals surface area contributed by atoms with Crippen molar-refractivity contribution in [3.8, 4) is 0 Å². The van der Waals surface area contributed by atoms with Crippen LogP contribution in [0.4, 0.5) is 0 Å². The van der Waals surface area contributed by atoms with Gasteiger partial charge in [0.2, 0.25) is 0 Å². The second-order valence-electron chi connectivity index (χ2n) is 6.18. The van der Waals surface area contributed by atoms with Crippen LogP contribution in [0.15, 0.2) is 23.3 Å². The molecule has 3 atom stereocenters. The van der Waals surface area contributed by atoms with Crippen LogP contribution in [0.2, 0.25) is 0 Å². The van der Waals surface area contributed by atoms with Gasteiger partial charge in [0.15, 0.2) is 5.96 Å². The van der Waals surface area contributed by atoms with Crippen molar-refractivity contribution in [3.05, 3.63) is 29.6 Å². The number of aryl methyl sites for hydroxylation is 1. The number of hydrogen-bond acceptors (Lipinski definition) is 3. The number of pyridine rings is 1. The van der Waals surface area contributed by atoms with Gasteiger partial charge in [0.1, 0.15) is 0 Å². The molecule has 2 aliphatic rings. The Balaban J connectivity index is 1.52. The Hall–Kier alpha value is -1.62. The van der Waals surface area contributed by atoms with Gasteiger partial charge in [0.25, 0.3) is 0 Å². The summed E-state index contributed by atoms with van der Waals surface area (Å²) in [6.45, 7) is 5.74. The minimum absolute atomic E-state index is 0.371. The molecule has 3 unspecified atom stereocenters. The number of nitrogens with one attached hydrogen (secondary N) is 2. The SMILES string of the molecule is CCNC(=NCCc1ccc(C)nc1)NC1CC2CCC1O2. The van der Waals surface area contributed by atoms with Crippen molar-refractivity contribution in [1.29, 1.82) is 0 Å². The number of guanidine groups is 1. The summed E-state index contributed by atoms with van der Waals surface area (Å²) in [7, 11) is 0. The predicted octanol–water partition coefficient (Wildman–Crippen LogP) is 1.81. The molecule has 0 amide bonds. The average molecular weight is 302 g/mol. The lowest BCUT2D eigenvalue weighted by Crippen LogP contribution is -2.47. The topological polar surface area (TPSA) is 58.5 Å². The Morgan fingerprint density at radius 1 is 1.41 bits per heavy atom. The van der Waals surface area contributed by atoms with Crippen LogP contribution in [-0.4, -0.2) is 42.3 Å². The van der Waals surface area contributed by atoms with Crippen LogP contribution in [0.1, 0.15) is 37.4 Å². The number of fused-ring (bicyclic) bond motifs is 2. The molecule has 0 saturated carbocycles. The number of rotatable bonds is 5. The summed E-state index contributed by atoms with van der Waals surface area (Å²) in [6.07, 6.45) is 7.19. The van der Waals surface area contributed by atoms with Crippen LogP contribution in [0.5, 0.6) is 0 Å². The summed E-state index contributed by atoms with van der Waals surface area (Å²) in [5, 5.41) is 6.87. The summed E-state index contributed by atoms with van der Waals surface area (Å²) in [6, 6.07) is 4.59. The van der Waals surface area contributed by atoms with E-state index in [2.05, 4.69) is 39.7 Å². The summed E-state index contributed by atoms with van der Waals surface area (Å²) in [5.74, 6) is 0.906. The molecule has 5 nitrogen and oxygen atoms in total. The third-order valence-electron chi connectivity index (χ3n) is 4.42. The van der Waals surface area contributed by atoms with E-state index in [1.165, 1.54) is 18.4 Å². The molecule has 3 rings (SSSR count). The Morgan fingerprint density at radius 2 is 2.32 bits per heavy atom. The number of hydrogen-bond donors (Lipinski definition) is 2. The number of aliphatic imine (C=N–C) groups is 1. The zero-order valence-corrected chi connectivity index (χ0v) is 13.5. The number of ether oxygens (including phenoxy) is 1. The van der Waals surface area contributed by atoms with Gasteiger partial charge < -0.3 is 15.4 Å². The molecular weight excluding hydrogens is 276 g/mol. The lowest BCUT2D eigenvalue weighted by molar-refractivity contribution is 0.0992. The first-order chi connectivity index (χ1) is 10.7. The van der Waals surface area contributed by atoms with Gasteiger partial charge in [-0.3, -0.25) is 9.98 Å². The monoisotopic (exact) mass is 302 g/mol. The normalized spacial score (nSPS) is 27.2. The highest BCUT2D eigenvalue weighted by Gasteiger charge is 2.41. The second-order valence-corrected chi connectivity index (χ2v) is 6.18. The van der Waals surface area contributed by atoms with E-state index in [0.717, 1.165) is 37.6 Å².